The highest BCUT2D eigenvalue weighted by molar-refractivity contribution is 5.93. The van der Waals surface area contributed by atoms with Crippen molar-refractivity contribution in [2.24, 2.45) is 0 Å². The van der Waals surface area contributed by atoms with Crippen LogP contribution in [-0.4, -0.2) is 44.5 Å². The summed E-state index contributed by atoms with van der Waals surface area (Å²) >= 11 is 0. The van der Waals surface area contributed by atoms with Gasteiger partial charge in [0.25, 0.3) is 0 Å². The highest BCUT2D eigenvalue weighted by atomic mass is 16.2. The molecule has 4 nitrogen and oxygen atoms in total. The van der Waals surface area contributed by atoms with Gasteiger partial charge in [-0.3, -0.25) is 4.79 Å². The Hall–Kier alpha value is -2.17. The van der Waals surface area contributed by atoms with Crippen LogP contribution >= 0.6 is 0 Å². The van der Waals surface area contributed by atoms with Crippen LogP contribution in [0.5, 0.6) is 0 Å². The first-order chi connectivity index (χ1) is 11.7. The summed E-state index contributed by atoms with van der Waals surface area (Å²) in [6.45, 7) is 3.16. The van der Waals surface area contributed by atoms with Crippen LogP contribution in [0.2, 0.25) is 0 Å². The summed E-state index contributed by atoms with van der Waals surface area (Å²) in [7, 11) is 4.09. The molecule has 0 bridgehead atoms. The third kappa shape index (κ3) is 6.14. The number of hydrogen-bond acceptors (Lipinski definition) is 3. The number of anilines is 1. The number of nitrogens with one attached hydrogen (secondary N) is 1. The largest absolute Gasteiger partial charge is 0.315 e. The molecule has 2 aromatic rings. The van der Waals surface area contributed by atoms with Gasteiger partial charge in [0, 0.05) is 31.7 Å². The molecule has 2 aromatic carbocycles. The van der Waals surface area contributed by atoms with E-state index in [0.29, 0.717) is 19.5 Å². The fourth-order valence-corrected chi connectivity index (χ4v) is 2.46. The Kier molecular flexibility index (Phi) is 7.46. The minimum absolute atomic E-state index is 0.141. The number of carbonyl (C=O) groups excluding carboxylic acids is 1. The number of carbonyl (C=O) groups is 1. The maximum Gasteiger partial charge on any atom is 0.228 e. The van der Waals surface area contributed by atoms with E-state index in [1.54, 1.807) is 0 Å². The molecule has 1 N–H and O–H groups in total. The average Bonchev–Trinajstić information content (AvgIpc) is 2.60. The van der Waals surface area contributed by atoms with Gasteiger partial charge in [0.05, 0.1) is 6.54 Å². The normalized spacial score (nSPS) is 10.8. The quantitative estimate of drug-likeness (QED) is 0.720. The number of para-hydroxylation sites is 1. The van der Waals surface area contributed by atoms with E-state index in [-0.39, 0.29) is 5.91 Å². The molecule has 0 saturated heterocycles. The third-order valence-corrected chi connectivity index (χ3v) is 3.80. The van der Waals surface area contributed by atoms with Crippen molar-refractivity contribution < 1.29 is 4.79 Å². The molecule has 2 rings (SSSR count). The fourth-order valence-electron chi connectivity index (χ4n) is 2.46. The fraction of sp³-hybridized carbons (Fsp3) is 0.350. The molecule has 0 aliphatic rings. The van der Waals surface area contributed by atoms with Crippen LogP contribution in [0.3, 0.4) is 0 Å². The smallest absolute Gasteiger partial charge is 0.228 e. The van der Waals surface area contributed by atoms with Crippen LogP contribution < -0.4 is 10.2 Å². The third-order valence-electron chi connectivity index (χ3n) is 3.80. The van der Waals surface area contributed by atoms with E-state index in [2.05, 4.69) is 22.3 Å². The molecule has 128 valence electrons. The van der Waals surface area contributed by atoms with Gasteiger partial charge in [-0.2, -0.15) is 0 Å². The zero-order valence-electron chi connectivity index (χ0n) is 14.6. The van der Waals surface area contributed by atoms with Crippen molar-refractivity contribution in [3.63, 3.8) is 0 Å². The van der Waals surface area contributed by atoms with Crippen molar-refractivity contribution >= 4 is 11.6 Å². The van der Waals surface area contributed by atoms with Crippen LogP contribution in [0.25, 0.3) is 0 Å². The Morgan fingerprint density at radius 3 is 2.17 bits per heavy atom. The summed E-state index contributed by atoms with van der Waals surface area (Å²) < 4.78 is 0. The lowest BCUT2D eigenvalue weighted by atomic mass is 10.2. The number of nitrogens with zero attached hydrogens (tertiary/aromatic N) is 2. The van der Waals surface area contributed by atoms with Gasteiger partial charge >= 0.3 is 0 Å². The van der Waals surface area contributed by atoms with Gasteiger partial charge < -0.3 is 15.1 Å². The van der Waals surface area contributed by atoms with Crippen LogP contribution in [0, 0.1) is 0 Å². The number of rotatable bonds is 9. The van der Waals surface area contributed by atoms with E-state index >= 15 is 0 Å². The topological polar surface area (TPSA) is 35.6 Å². The Morgan fingerprint density at radius 2 is 1.54 bits per heavy atom. The van der Waals surface area contributed by atoms with Crippen LogP contribution in [0.4, 0.5) is 5.69 Å². The molecule has 0 aliphatic carbocycles. The maximum atomic E-state index is 12.7. The number of amides is 1. The summed E-state index contributed by atoms with van der Waals surface area (Å²) in [6, 6.07) is 20.0. The van der Waals surface area contributed by atoms with Crippen LogP contribution in [-0.2, 0) is 11.3 Å². The predicted octanol–water partition coefficient (Wildman–Crippen LogP) is 2.76. The van der Waals surface area contributed by atoms with E-state index in [1.807, 2.05) is 67.5 Å². The summed E-state index contributed by atoms with van der Waals surface area (Å²) in [5, 5.41) is 3.33. The Bertz CT molecular complexity index is 599. The highest BCUT2D eigenvalue weighted by Crippen LogP contribution is 2.17. The van der Waals surface area contributed by atoms with Gasteiger partial charge in [0.15, 0.2) is 0 Å². The molecule has 0 fully saturated rings. The number of likely N-dealkylation sites (N-methyl/N-ethyl adjacent to an activating group) is 1. The molecule has 0 heterocycles. The molecule has 0 radical (unpaired) electrons. The summed E-state index contributed by atoms with van der Waals surface area (Å²) in [5.41, 5.74) is 2.08. The van der Waals surface area contributed by atoms with E-state index in [4.69, 9.17) is 0 Å². The van der Waals surface area contributed by atoms with E-state index in [9.17, 15) is 4.79 Å². The maximum absolute atomic E-state index is 12.7. The van der Waals surface area contributed by atoms with Crippen LogP contribution in [0.1, 0.15) is 12.0 Å². The molecule has 0 unspecified atom stereocenters. The molecule has 0 aromatic heterocycles. The van der Waals surface area contributed by atoms with Crippen molar-refractivity contribution in [3.05, 3.63) is 66.2 Å². The number of hydrogen-bond donors (Lipinski definition) is 1. The molecule has 0 atom stereocenters. The van der Waals surface area contributed by atoms with Gasteiger partial charge in [-0.15, -0.1) is 0 Å². The molecular formula is C20H27N3O. The van der Waals surface area contributed by atoms with E-state index < -0.39 is 0 Å². The molecule has 0 aliphatic heterocycles. The highest BCUT2D eigenvalue weighted by Gasteiger charge is 2.15. The number of benzene rings is 2. The first-order valence-corrected chi connectivity index (χ1v) is 8.41. The van der Waals surface area contributed by atoms with Gasteiger partial charge in [0.1, 0.15) is 0 Å². The zero-order valence-corrected chi connectivity index (χ0v) is 14.6. The van der Waals surface area contributed by atoms with Crippen molar-refractivity contribution in [3.8, 4) is 0 Å². The van der Waals surface area contributed by atoms with Crippen LogP contribution in [0.15, 0.2) is 60.7 Å². The van der Waals surface area contributed by atoms with E-state index in [1.165, 1.54) is 0 Å². The Morgan fingerprint density at radius 1 is 0.917 bits per heavy atom. The van der Waals surface area contributed by atoms with Gasteiger partial charge in [-0.25, -0.2) is 0 Å². The second-order valence-corrected chi connectivity index (χ2v) is 6.10. The van der Waals surface area contributed by atoms with Crippen molar-refractivity contribution in [1.82, 2.24) is 10.2 Å². The van der Waals surface area contributed by atoms with Crippen molar-refractivity contribution in [2.45, 2.75) is 13.0 Å². The molecule has 0 spiro atoms. The molecule has 24 heavy (non-hydrogen) atoms. The standard InChI is InChI=1S/C20H27N3O/c1-22(2)16-15-21-14-13-20(24)23(19-11-7-4-8-12-19)17-18-9-5-3-6-10-18/h3-12,21H,13-17H2,1-2H3. The first-order valence-electron chi connectivity index (χ1n) is 8.41. The lowest BCUT2D eigenvalue weighted by Gasteiger charge is -2.23. The minimum atomic E-state index is 0.141. The molecule has 0 saturated carbocycles. The van der Waals surface area contributed by atoms with Gasteiger partial charge in [-0.05, 0) is 31.8 Å². The second-order valence-electron chi connectivity index (χ2n) is 6.10. The summed E-state index contributed by atoms with van der Waals surface area (Å²) in [5.74, 6) is 0.141. The van der Waals surface area contributed by atoms with Crippen molar-refractivity contribution in [2.75, 3.05) is 38.6 Å². The summed E-state index contributed by atoms with van der Waals surface area (Å²) in [6.07, 6.45) is 0.495. The van der Waals surface area contributed by atoms with Crippen molar-refractivity contribution in [1.29, 1.82) is 0 Å². The monoisotopic (exact) mass is 325 g/mol. The Labute approximate surface area is 145 Å². The molecule has 1 amide bonds. The Balaban J connectivity index is 1.96. The lowest BCUT2D eigenvalue weighted by molar-refractivity contribution is -0.118. The van der Waals surface area contributed by atoms with Gasteiger partial charge in [0.2, 0.25) is 5.91 Å². The molecule has 4 heteroatoms. The first kappa shape index (κ1) is 18.2. The minimum Gasteiger partial charge on any atom is -0.315 e. The predicted molar refractivity (Wildman–Crippen MR) is 100 cm³/mol. The average molecular weight is 325 g/mol. The van der Waals surface area contributed by atoms with Gasteiger partial charge in [-0.1, -0.05) is 48.5 Å². The second kappa shape index (κ2) is 9.85. The van der Waals surface area contributed by atoms with E-state index in [0.717, 1.165) is 24.3 Å². The SMILES string of the molecule is CN(C)CCNCCC(=O)N(Cc1ccccc1)c1ccccc1. The molecular weight excluding hydrogens is 298 g/mol. The zero-order chi connectivity index (χ0) is 17.2. The summed E-state index contributed by atoms with van der Waals surface area (Å²) in [4.78, 5) is 16.7. The lowest BCUT2D eigenvalue weighted by Crippen LogP contribution is -2.34.